The molecule has 1 aromatic rings. The number of carbonyl (C=O) groups excluding carboxylic acids is 1. The van der Waals surface area contributed by atoms with Crippen LogP contribution in [0, 0.1) is 5.41 Å². The second kappa shape index (κ2) is 5.41. The Bertz CT molecular complexity index is 572. The molecule has 4 rings (SSSR count). The quantitative estimate of drug-likeness (QED) is 0.840. The lowest BCUT2D eigenvalue weighted by Crippen LogP contribution is -2.54. The molecule has 0 N–H and O–H groups in total. The van der Waals surface area contributed by atoms with Gasteiger partial charge < -0.3 is 9.80 Å². The molecular weight excluding hydrogens is 298 g/mol. The number of nitrogens with zero attached hydrogens (tertiary/aromatic N) is 3. The van der Waals surface area contributed by atoms with E-state index in [2.05, 4.69) is 14.8 Å². The van der Waals surface area contributed by atoms with Crippen molar-refractivity contribution < 1.29 is 4.79 Å². The Morgan fingerprint density at radius 1 is 1.23 bits per heavy atom. The van der Waals surface area contributed by atoms with Crippen LogP contribution in [0.15, 0.2) is 18.3 Å². The molecule has 3 aliphatic rings. The van der Waals surface area contributed by atoms with E-state index in [1.807, 2.05) is 12.1 Å². The molecule has 22 heavy (non-hydrogen) atoms. The number of amides is 1. The number of anilines is 1. The first-order valence-electron chi connectivity index (χ1n) is 8.31. The van der Waals surface area contributed by atoms with E-state index < -0.39 is 0 Å². The molecule has 1 atom stereocenters. The Balaban J connectivity index is 1.52. The molecule has 2 saturated heterocycles. The first kappa shape index (κ1) is 14.3. The predicted molar refractivity (Wildman–Crippen MR) is 87.1 cm³/mol. The Morgan fingerprint density at radius 3 is 2.82 bits per heavy atom. The van der Waals surface area contributed by atoms with Crippen molar-refractivity contribution in [3.05, 3.63) is 23.4 Å². The molecule has 3 heterocycles. The Labute approximate surface area is 136 Å². The molecule has 3 fully saturated rings. The fourth-order valence-corrected chi connectivity index (χ4v) is 4.17. The summed E-state index contributed by atoms with van der Waals surface area (Å²) < 4.78 is 0. The lowest BCUT2D eigenvalue weighted by atomic mass is 9.73. The lowest BCUT2D eigenvalue weighted by Gasteiger charge is -2.48. The standard InChI is InChI=1S/C17H22ClN3O/c18-13-2-5-15(19-10-13)20-9-1-7-17(11-20)8-6-16(22)21(12-17)14-3-4-14/h2,5,10,14H,1,3-4,6-9,11-12H2/t17-/m1/s1. The number of aromatic nitrogens is 1. The molecule has 0 bridgehead atoms. The number of halogens is 1. The van der Waals surface area contributed by atoms with Gasteiger partial charge in [0.25, 0.3) is 0 Å². The summed E-state index contributed by atoms with van der Waals surface area (Å²) in [6.07, 6.45) is 8.27. The summed E-state index contributed by atoms with van der Waals surface area (Å²) in [6.45, 7) is 3.01. The molecule has 0 unspecified atom stereocenters. The molecule has 4 nitrogen and oxygen atoms in total. The maximum atomic E-state index is 12.2. The average Bonchev–Trinajstić information content (AvgIpc) is 3.36. The van der Waals surface area contributed by atoms with E-state index >= 15 is 0 Å². The molecule has 1 amide bonds. The summed E-state index contributed by atoms with van der Waals surface area (Å²) in [5.41, 5.74) is 0.260. The maximum absolute atomic E-state index is 12.2. The Hall–Kier alpha value is -1.29. The number of rotatable bonds is 2. The van der Waals surface area contributed by atoms with Gasteiger partial charge in [-0.2, -0.15) is 0 Å². The molecule has 1 spiro atoms. The van der Waals surface area contributed by atoms with Gasteiger partial charge in [0.15, 0.2) is 0 Å². The minimum absolute atomic E-state index is 0.260. The van der Waals surface area contributed by atoms with Gasteiger partial charge in [-0.3, -0.25) is 4.79 Å². The third-order valence-corrected chi connectivity index (χ3v) is 5.60. The van der Waals surface area contributed by atoms with Gasteiger partial charge in [-0.15, -0.1) is 0 Å². The molecule has 0 aromatic carbocycles. The van der Waals surface area contributed by atoms with Crippen LogP contribution in [0.1, 0.15) is 38.5 Å². The van der Waals surface area contributed by atoms with E-state index in [0.717, 1.165) is 38.3 Å². The van der Waals surface area contributed by atoms with Crippen molar-refractivity contribution in [2.45, 2.75) is 44.6 Å². The van der Waals surface area contributed by atoms with Crippen molar-refractivity contribution in [3.8, 4) is 0 Å². The van der Waals surface area contributed by atoms with Crippen LogP contribution in [-0.2, 0) is 4.79 Å². The van der Waals surface area contributed by atoms with Crippen molar-refractivity contribution in [2.24, 2.45) is 5.41 Å². The monoisotopic (exact) mass is 319 g/mol. The Kier molecular flexibility index (Phi) is 3.52. The summed E-state index contributed by atoms with van der Waals surface area (Å²) in [7, 11) is 0. The zero-order valence-corrected chi connectivity index (χ0v) is 13.6. The van der Waals surface area contributed by atoms with Gasteiger partial charge in [0.2, 0.25) is 5.91 Å². The molecular formula is C17H22ClN3O. The second-order valence-corrected chi connectivity index (χ2v) is 7.55. The molecule has 1 saturated carbocycles. The fourth-order valence-electron chi connectivity index (χ4n) is 4.05. The van der Waals surface area contributed by atoms with Gasteiger partial charge in [0, 0.05) is 43.7 Å². The lowest BCUT2D eigenvalue weighted by molar-refractivity contribution is -0.138. The number of pyridine rings is 1. The van der Waals surface area contributed by atoms with Gasteiger partial charge >= 0.3 is 0 Å². The van der Waals surface area contributed by atoms with Gasteiger partial charge in [-0.1, -0.05) is 11.6 Å². The molecule has 118 valence electrons. The summed E-state index contributed by atoms with van der Waals surface area (Å²) in [4.78, 5) is 21.2. The first-order chi connectivity index (χ1) is 10.7. The van der Waals surface area contributed by atoms with E-state index in [9.17, 15) is 4.79 Å². The van der Waals surface area contributed by atoms with Crippen LogP contribution in [0.4, 0.5) is 5.82 Å². The van der Waals surface area contributed by atoms with Crippen LogP contribution >= 0.6 is 11.6 Å². The Morgan fingerprint density at radius 2 is 2.09 bits per heavy atom. The largest absolute Gasteiger partial charge is 0.356 e. The highest BCUT2D eigenvalue weighted by Gasteiger charge is 2.45. The van der Waals surface area contributed by atoms with Crippen LogP contribution in [0.5, 0.6) is 0 Å². The SMILES string of the molecule is O=C1CC[C@@]2(CCCN(c3ccc(Cl)cn3)C2)CN1C1CC1. The van der Waals surface area contributed by atoms with Crippen LogP contribution < -0.4 is 4.90 Å². The molecule has 0 radical (unpaired) electrons. The molecule has 5 heteroatoms. The van der Waals surface area contributed by atoms with E-state index in [4.69, 9.17) is 11.6 Å². The minimum atomic E-state index is 0.260. The summed E-state index contributed by atoms with van der Waals surface area (Å²) >= 11 is 5.94. The molecule has 1 aliphatic carbocycles. The van der Waals surface area contributed by atoms with Crippen molar-refractivity contribution >= 4 is 23.3 Å². The van der Waals surface area contributed by atoms with E-state index in [0.29, 0.717) is 17.0 Å². The topological polar surface area (TPSA) is 36.4 Å². The van der Waals surface area contributed by atoms with Crippen LogP contribution in [0.25, 0.3) is 0 Å². The fraction of sp³-hybridized carbons (Fsp3) is 0.647. The van der Waals surface area contributed by atoms with Crippen LogP contribution in [0.2, 0.25) is 5.02 Å². The van der Waals surface area contributed by atoms with Crippen molar-refractivity contribution in [1.29, 1.82) is 0 Å². The summed E-state index contributed by atoms with van der Waals surface area (Å²) in [5, 5.41) is 0.679. The van der Waals surface area contributed by atoms with Crippen molar-refractivity contribution in [2.75, 3.05) is 24.5 Å². The number of hydrogen-bond donors (Lipinski definition) is 0. The van der Waals surface area contributed by atoms with Gasteiger partial charge in [-0.05, 0) is 44.2 Å². The number of carbonyl (C=O) groups is 1. The maximum Gasteiger partial charge on any atom is 0.222 e. The zero-order chi connectivity index (χ0) is 15.2. The first-order valence-corrected chi connectivity index (χ1v) is 8.69. The third-order valence-electron chi connectivity index (χ3n) is 5.38. The van der Waals surface area contributed by atoms with Gasteiger partial charge in [-0.25, -0.2) is 4.98 Å². The highest BCUT2D eigenvalue weighted by atomic mass is 35.5. The second-order valence-electron chi connectivity index (χ2n) is 7.11. The number of hydrogen-bond acceptors (Lipinski definition) is 3. The number of likely N-dealkylation sites (tertiary alicyclic amines) is 1. The molecule has 2 aliphatic heterocycles. The number of piperidine rings is 2. The smallest absolute Gasteiger partial charge is 0.222 e. The normalized spacial score (nSPS) is 29.2. The van der Waals surface area contributed by atoms with Crippen LogP contribution in [0.3, 0.4) is 0 Å². The predicted octanol–water partition coefficient (Wildman–Crippen LogP) is 3.11. The zero-order valence-electron chi connectivity index (χ0n) is 12.8. The summed E-state index contributed by atoms with van der Waals surface area (Å²) in [6, 6.07) is 4.45. The van der Waals surface area contributed by atoms with Crippen LogP contribution in [-0.4, -0.2) is 41.5 Å². The third kappa shape index (κ3) is 2.69. The van der Waals surface area contributed by atoms with E-state index in [-0.39, 0.29) is 5.41 Å². The highest BCUT2D eigenvalue weighted by Crippen LogP contribution is 2.43. The van der Waals surface area contributed by atoms with Crippen molar-refractivity contribution in [3.63, 3.8) is 0 Å². The highest BCUT2D eigenvalue weighted by molar-refractivity contribution is 6.30. The molecule has 1 aromatic heterocycles. The van der Waals surface area contributed by atoms with E-state index in [1.165, 1.54) is 25.7 Å². The van der Waals surface area contributed by atoms with Crippen molar-refractivity contribution in [1.82, 2.24) is 9.88 Å². The minimum Gasteiger partial charge on any atom is -0.356 e. The average molecular weight is 320 g/mol. The van der Waals surface area contributed by atoms with Gasteiger partial charge in [0.1, 0.15) is 5.82 Å². The summed E-state index contributed by atoms with van der Waals surface area (Å²) in [5.74, 6) is 1.38. The van der Waals surface area contributed by atoms with Gasteiger partial charge in [0.05, 0.1) is 5.02 Å². The van der Waals surface area contributed by atoms with E-state index in [1.54, 1.807) is 6.20 Å².